The van der Waals surface area contributed by atoms with E-state index in [4.69, 9.17) is 0 Å². The number of carbonyl (C=O) groups is 1. The van der Waals surface area contributed by atoms with Crippen molar-refractivity contribution in [2.45, 2.75) is 45.5 Å². The van der Waals surface area contributed by atoms with Gasteiger partial charge in [0.15, 0.2) is 0 Å². The summed E-state index contributed by atoms with van der Waals surface area (Å²) in [6.45, 7) is 7.62. The Kier molecular flexibility index (Phi) is 5.39. The average Bonchev–Trinajstić information content (AvgIpc) is 2.37. The monoisotopic (exact) mass is 302 g/mol. The molecule has 0 aromatic heterocycles. The normalized spacial score (nSPS) is 13.9. The smallest absolute Gasteiger partial charge is 0.348 e. The highest BCUT2D eigenvalue weighted by atomic mass is 19.4. The van der Waals surface area contributed by atoms with Gasteiger partial charge in [0.25, 0.3) is 0 Å². The predicted octanol–water partition coefficient (Wildman–Crippen LogP) is 3.27. The maximum Gasteiger partial charge on any atom is 0.416 e. The van der Waals surface area contributed by atoms with E-state index in [0.717, 1.165) is 12.1 Å². The van der Waals surface area contributed by atoms with E-state index in [1.807, 2.05) is 6.92 Å². The Labute approximate surface area is 122 Å². The molecule has 0 aliphatic heterocycles. The molecule has 0 heterocycles. The van der Waals surface area contributed by atoms with E-state index >= 15 is 0 Å². The minimum absolute atomic E-state index is 0.255. The Hall–Kier alpha value is -1.56. The number of nitrogens with one attached hydrogen (secondary N) is 2. The Morgan fingerprint density at radius 3 is 2.43 bits per heavy atom. The molecule has 0 saturated heterocycles. The van der Waals surface area contributed by atoms with Crippen LogP contribution < -0.4 is 10.6 Å². The van der Waals surface area contributed by atoms with Crippen molar-refractivity contribution in [2.75, 3.05) is 6.54 Å². The number of alkyl halides is 3. The van der Waals surface area contributed by atoms with Crippen LogP contribution in [0.15, 0.2) is 24.3 Å². The van der Waals surface area contributed by atoms with Gasteiger partial charge in [-0.2, -0.15) is 13.2 Å². The molecule has 2 N–H and O–H groups in total. The zero-order chi connectivity index (χ0) is 16.3. The van der Waals surface area contributed by atoms with Crippen LogP contribution in [0.25, 0.3) is 0 Å². The van der Waals surface area contributed by atoms with Crippen LogP contribution in [-0.2, 0) is 11.0 Å². The molecule has 0 aliphatic rings. The third kappa shape index (κ3) is 4.74. The number of amides is 1. The van der Waals surface area contributed by atoms with E-state index in [0.29, 0.717) is 12.1 Å². The van der Waals surface area contributed by atoms with Gasteiger partial charge in [0.2, 0.25) is 5.91 Å². The maximum absolute atomic E-state index is 12.7. The fourth-order valence-electron chi connectivity index (χ4n) is 1.97. The van der Waals surface area contributed by atoms with Crippen LogP contribution in [0.3, 0.4) is 0 Å². The Morgan fingerprint density at radius 2 is 1.90 bits per heavy atom. The first-order chi connectivity index (χ1) is 9.58. The number of hydrogen-bond donors (Lipinski definition) is 2. The third-order valence-electron chi connectivity index (χ3n) is 3.25. The number of hydrogen-bond acceptors (Lipinski definition) is 2. The summed E-state index contributed by atoms with van der Waals surface area (Å²) in [6.07, 6.45) is -4.39. The quantitative estimate of drug-likeness (QED) is 0.876. The highest BCUT2D eigenvalue weighted by Gasteiger charge is 2.31. The third-order valence-corrected chi connectivity index (χ3v) is 3.25. The van der Waals surface area contributed by atoms with Crippen molar-refractivity contribution in [1.82, 2.24) is 10.6 Å². The molecule has 0 fully saturated rings. The number of halogens is 3. The molecule has 0 radical (unpaired) electrons. The molecule has 3 nitrogen and oxygen atoms in total. The minimum Gasteiger partial charge on any atom is -0.348 e. The van der Waals surface area contributed by atoms with E-state index in [1.165, 1.54) is 6.07 Å². The van der Waals surface area contributed by atoms with Gasteiger partial charge >= 0.3 is 6.18 Å². The highest BCUT2D eigenvalue weighted by molar-refractivity contribution is 5.85. The molecule has 1 unspecified atom stereocenters. The lowest BCUT2D eigenvalue weighted by Gasteiger charge is -2.27. The van der Waals surface area contributed by atoms with Crippen molar-refractivity contribution >= 4 is 5.91 Å². The number of benzene rings is 1. The van der Waals surface area contributed by atoms with Crippen LogP contribution in [0.5, 0.6) is 0 Å². The van der Waals surface area contributed by atoms with E-state index in [1.54, 1.807) is 26.8 Å². The standard InChI is InChI=1S/C15H21F3N2O/c1-5-19-14(3,4)13(21)20-10(2)11-7-6-8-12(9-11)15(16,17)18/h6-10,19H,5H2,1-4H3,(H,20,21). The fourth-order valence-corrected chi connectivity index (χ4v) is 1.97. The molecule has 1 aromatic rings. The van der Waals surface area contributed by atoms with Gasteiger partial charge in [-0.05, 0) is 45.0 Å². The molecule has 6 heteroatoms. The molecule has 21 heavy (non-hydrogen) atoms. The predicted molar refractivity (Wildman–Crippen MR) is 75.8 cm³/mol. The molecule has 118 valence electrons. The summed E-state index contributed by atoms with van der Waals surface area (Å²) in [5, 5.41) is 5.75. The largest absolute Gasteiger partial charge is 0.416 e. The van der Waals surface area contributed by atoms with Crippen molar-refractivity contribution in [1.29, 1.82) is 0 Å². The van der Waals surface area contributed by atoms with Crippen LogP contribution >= 0.6 is 0 Å². The Bertz CT molecular complexity index is 498. The molecule has 0 bridgehead atoms. The maximum atomic E-state index is 12.7. The topological polar surface area (TPSA) is 41.1 Å². The molecular formula is C15H21F3N2O. The van der Waals surface area contributed by atoms with Gasteiger partial charge in [-0.25, -0.2) is 0 Å². The fraction of sp³-hybridized carbons (Fsp3) is 0.533. The molecule has 0 spiro atoms. The van der Waals surface area contributed by atoms with Gasteiger partial charge in [-0.1, -0.05) is 19.1 Å². The van der Waals surface area contributed by atoms with Gasteiger partial charge in [0, 0.05) is 0 Å². The van der Waals surface area contributed by atoms with Crippen LogP contribution in [0.4, 0.5) is 13.2 Å². The Morgan fingerprint density at radius 1 is 1.29 bits per heavy atom. The van der Waals surface area contributed by atoms with Crippen molar-refractivity contribution in [3.8, 4) is 0 Å². The molecule has 0 aliphatic carbocycles. The van der Waals surface area contributed by atoms with Crippen LogP contribution in [0.2, 0.25) is 0 Å². The van der Waals surface area contributed by atoms with E-state index < -0.39 is 23.3 Å². The van der Waals surface area contributed by atoms with Gasteiger partial charge in [0.05, 0.1) is 17.1 Å². The Balaban J connectivity index is 2.85. The first kappa shape index (κ1) is 17.5. The SMILES string of the molecule is CCNC(C)(C)C(=O)NC(C)c1cccc(C(F)(F)F)c1. The first-order valence-electron chi connectivity index (χ1n) is 6.81. The van der Waals surface area contributed by atoms with Gasteiger partial charge < -0.3 is 10.6 Å². The number of rotatable bonds is 5. The summed E-state index contributed by atoms with van der Waals surface area (Å²) in [5.74, 6) is -0.255. The van der Waals surface area contributed by atoms with E-state index in [2.05, 4.69) is 10.6 Å². The number of likely N-dealkylation sites (N-methyl/N-ethyl adjacent to an activating group) is 1. The van der Waals surface area contributed by atoms with Crippen molar-refractivity contribution in [3.05, 3.63) is 35.4 Å². The highest BCUT2D eigenvalue weighted by Crippen LogP contribution is 2.30. The van der Waals surface area contributed by atoms with Crippen molar-refractivity contribution in [3.63, 3.8) is 0 Å². The molecule has 1 aromatic carbocycles. The summed E-state index contributed by atoms with van der Waals surface area (Å²) in [4.78, 5) is 12.1. The zero-order valence-corrected chi connectivity index (χ0v) is 12.6. The lowest BCUT2D eigenvalue weighted by Crippen LogP contribution is -2.52. The molecule has 1 rings (SSSR count). The summed E-state index contributed by atoms with van der Waals surface area (Å²) in [7, 11) is 0. The average molecular weight is 302 g/mol. The second kappa shape index (κ2) is 6.47. The summed E-state index contributed by atoms with van der Waals surface area (Å²) in [5.41, 5.74) is -1.07. The minimum atomic E-state index is -4.39. The summed E-state index contributed by atoms with van der Waals surface area (Å²) < 4.78 is 38.1. The van der Waals surface area contributed by atoms with E-state index in [-0.39, 0.29) is 5.91 Å². The number of carbonyl (C=O) groups excluding carboxylic acids is 1. The molecular weight excluding hydrogens is 281 g/mol. The lowest BCUT2D eigenvalue weighted by atomic mass is 10.0. The molecule has 1 amide bonds. The van der Waals surface area contributed by atoms with Crippen molar-refractivity contribution < 1.29 is 18.0 Å². The van der Waals surface area contributed by atoms with Crippen LogP contribution in [-0.4, -0.2) is 18.0 Å². The van der Waals surface area contributed by atoms with E-state index in [9.17, 15) is 18.0 Å². The van der Waals surface area contributed by atoms with Gasteiger partial charge in [-0.3, -0.25) is 4.79 Å². The van der Waals surface area contributed by atoms with Crippen LogP contribution in [0, 0.1) is 0 Å². The van der Waals surface area contributed by atoms with Crippen molar-refractivity contribution in [2.24, 2.45) is 0 Å². The summed E-state index contributed by atoms with van der Waals surface area (Å²) >= 11 is 0. The second-order valence-electron chi connectivity index (χ2n) is 5.47. The second-order valence-corrected chi connectivity index (χ2v) is 5.47. The first-order valence-corrected chi connectivity index (χ1v) is 6.81. The summed E-state index contributed by atoms with van der Waals surface area (Å²) in [6, 6.07) is 4.49. The molecule has 0 saturated carbocycles. The van der Waals surface area contributed by atoms with Crippen LogP contribution in [0.1, 0.15) is 44.9 Å². The van der Waals surface area contributed by atoms with Gasteiger partial charge in [0.1, 0.15) is 0 Å². The van der Waals surface area contributed by atoms with Gasteiger partial charge in [-0.15, -0.1) is 0 Å². The molecule has 1 atom stereocenters. The lowest BCUT2D eigenvalue weighted by molar-refractivity contribution is -0.137. The zero-order valence-electron chi connectivity index (χ0n) is 12.6.